The van der Waals surface area contributed by atoms with Crippen molar-refractivity contribution < 1.29 is 9.18 Å². The van der Waals surface area contributed by atoms with Crippen molar-refractivity contribution in [3.63, 3.8) is 0 Å². The summed E-state index contributed by atoms with van der Waals surface area (Å²) in [6, 6.07) is 3.09. The first-order chi connectivity index (χ1) is 6.68. The maximum absolute atomic E-state index is 13.3. The molecule has 0 aromatic carbocycles. The number of Topliss-reactive ketones (excluding diaryl/α,β-unsaturated/α-hetero) is 1. The fraction of sp³-hybridized carbons (Fsp3) is 0.400. The first kappa shape index (κ1) is 9.77. The lowest BCUT2D eigenvalue weighted by Crippen LogP contribution is -2.23. The van der Waals surface area contributed by atoms with Crippen LogP contribution in [0.25, 0.3) is 0 Å². The largest absolute Gasteiger partial charge is 0.294 e. The summed E-state index contributed by atoms with van der Waals surface area (Å²) in [6.07, 6.45) is 2.84. The molecule has 0 radical (unpaired) electrons. The van der Waals surface area contributed by atoms with Crippen LogP contribution in [0.15, 0.2) is 16.7 Å². The van der Waals surface area contributed by atoms with Crippen LogP contribution >= 0.6 is 15.9 Å². The SMILES string of the molecule is O=C(c1ccc(Br)nc1F)C1CCC1. The van der Waals surface area contributed by atoms with Gasteiger partial charge in [-0.05, 0) is 40.9 Å². The first-order valence-corrected chi connectivity index (χ1v) is 5.34. The van der Waals surface area contributed by atoms with Gasteiger partial charge in [0.2, 0.25) is 5.95 Å². The molecular formula is C10H9BrFNO. The molecule has 4 heteroatoms. The van der Waals surface area contributed by atoms with E-state index in [4.69, 9.17) is 0 Å². The standard InChI is InChI=1S/C10H9BrFNO/c11-8-5-4-7(10(12)13-8)9(14)6-2-1-3-6/h4-6H,1-3H2. The molecule has 14 heavy (non-hydrogen) atoms. The van der Waals surface area contributed by atoms with Crippen LogP contribution in [0.4, 0.5) is 4.39 Å². The molecular weight excluding hydrogens is 249 g/mol. The lowest BCUT2D eigenvalue weighted by Gasteiger charge is -2.23. The van der Waals surface area contributed by atoms with E-state index in [0.717, 1.165) is 19.3 Å². The van der Waals surface area contributed by atoms with Gasteiger partial charge >= 0.3 is 0 Å². The van der Waals surface area contributed by atoms with E-state index in [9.17, 15) is 9.18 Å². The monoisotopic (exact) mass is 257 g/mol. The molecule has 0 spiro atoms. The highest BCUT2D eigenvalue weighted by Gasteiger charge is 2.28. The fourth-order valence-corrected chi connectivity index (χ4v) is 1.77. The van der Waals surface area contributed by atoms with E-state index in [1.807, 2.05) is 0 Å². The lowest BCUT2D eigenvalue weighted by atomic mass is 9.80. The summed E-state index contributed by atoms with van der Waals surface area (Å²) in [7, 11) is 0. The van der Waals surface area contributed by atoms with Crippen LogP contribution < -0.4 is 0 Å². The van der Waals surface area contributed by atoms with Crippen molar-refractivity contribution in [3.8, 4) is 0 Å². The second-order valence-electron chi connectivity index (χ2n) is 3.46. The highest BCUT2D eigenvalue weighted by molar-refractivity contribution is 9.10. The molecule has 1 aliphatic carbocycles. The molecule has 0 aliphatic heterocycles. The molecule has 1 fully saturated rings. The molecule has 1 aromatic heterocycles. The maximum Gasteiger partial charge on any atom is 0.224 e. The molecule has 2 nitrogen and oxygen atoms in total. The zero-order chi connectivity index (χ0) is 10.1. The van der Waals surface area contributed by atoms with Crippen molar-refractivity contribution >= 4 is 21.7 Å². The molecule has 0 saturated heterocycles. The molecule has 0 bridgehead atoms. The average molecular weight is 258 g/mol. The molecule has 0 N–H and O–H groups in total. The number of nitrogens with zero attached hydrogens (tertiary/aromatic N) is 1. The topological polar surface area (TPSA) is 30.0 Å². The third kappa shape index (κ3) is 1.71. The summed E-state index contributed by atoms with van der Waals surface area (Å²) < 4.78 is 13.7. The Labute approximate surface area is 89.7 Å². The Morgan fingerprint density at radius 3 is 2.71 bits per heavy atom. The summed E-state index contributed by atoms with van der Waals surface area (Å²) in [6.45, 7) is 0. The summed E-state index contributed by atoms with van der Waals surface area (Å²) in [5, 5.41) is 0. The normalized spacial score (nSPS) is 16.4. The Morgan fingerprint density at radius 2 is 2.21 bits per heavy atom. The number of rotatable bonds is 2. The minimum absolute atomic E-state index is 0.0208. The fourth-order valence-electron chi connectivity index (χ4n) is 1.49. The number of pyridine rings is 1. The molecule has 2 rings (SSSR count). The van der Waals surface area contributed by atoms with E-state index in [0.29, 0.717) is 4.60 Å². The maximum atomic E-state index is 13.3. The van der Waals surface area contributed by atoms with Gasteiger partial charge in [0.1, 0.15) is 4.60 Å². The molecule has 0 unspecified atom stereocenters. The van der Waals surface area contributed by atoms with Gasteiger partial charge in [0.05, 0.1) is 5.56 Å². The van der Waals surface area contributed by atoms with Gasteiger partial charge in [-0.3, -0.25) is 4.79 Å². The van der Waals surface area contributed by atoms with Crippen LogP contribution in [0, 0.1) is 11.9 Å². The molecule has 1 aliphatic rings. The number of aromatic nitrogens is 1. The minimum atomic E-state index is -0.670. The number of carbonyl (C=O) groups excluding carboxylic acids is 1. The molecule has 1 heterocycles. The summed E-state index contributed by atoms with van der Waals surface area (Å²) >= 11 is 3.05. The van der Waals surface area contributed by atoms with Crippen LogP contribution in [0.1, 0.15) is 29.6 Å². The molecule has 0 amide bonds. The van der Waals surface area contributed by atoms with E-state index < -0.39 is 5.95 Å². The zero-order valence-corrected chi connectivity index (χ0v) is 9.05. The third-order valence-electron chi connectivity index (χ3n) is 2.56. The minimum Gasteiger partial charge on any atom is -0.294 e. The first-order valence-electron chi connectivity index (χ1n) is 4.55. The second-order valence-corrected chi connectivity index (χ2v) is 4.28. The molecule has 1 aromatic rings. The Kier molecular flexibility index (Phi) is 2.63. The van der Waals surface area contributed by atoms with Crippen LogP contribution in [0.5, 0.6) is 0 Å². The number of carbonyl (C=O) groups is 1. The Bertz CT molecular complexity index is 376. The highest BCUT2D eigenvalue weighted by Crippen LogP contribution is 2.30. The van der Waals surface area contributed by atoms with E-state index in [2.05, 4.69) is 20.9 Å². The van der Waals surface area contributed by atoms with Crippen LogP contribution in [0.3, 0.4) is 0 Å². The Hall–Kier alpha value is -0.770. The summed E-state index contributed by atoms with van der Waals surface area (Å²) in [5.41, 5.74) is 0.123. The van der Waals surface area contributed by atoms with Crippen molar-refractivity contribution in [2.75, 3.05) is 0 Å². The molecule has 0 atom stereocenters. The molecule has 74 valence electrons. The van der Waals surface area contributed by atoms with Crippen molar-refractivity contribution in [2.45, 2.75) is 19.3 Å². The molecule has 1 saturated carbocycles. The van der Waals surface area contributed by atoms with Crippen molar-refractivity contribution in [2.24, 2.45) is 5.92 Å². The average Bonchev–Trinajstić information content (AvgIpc) is 2.00. The van der Waals surface area contributed by atoms with Gasteiger partial charge in [-0.1, -0.05) is 6.42 Å². The quantitative estimate of drug-likeness (QED) is 0.603. The van der Waals surface area contributed by atoms with E-state index in [1.165, 1.54) is 6.07 Å². The Balaban J connectivity index is 2.26. The summed E-state index contributed by atoms with van der Waals surface area (Å²) in [4.78, 5) is 15.2. The summed E-state index contributed by atoms with van der Waals surface area (Å²) in [5.74, 6) is -0.752. The van der Waals surface area contributed by atoms with Crippen molar-refractivity contribution in [1.29, 1.82) is 0 Å². The third-order valence-corrected chi connectivity index (χ3v) is 3.00. The smallest absolute Gasteiger partial charge is 0.224 e. The highest BCUT2D eigenvalue weighted by atomic mass is 79.9. The van der Waals surface area contributed by atoms with Gasteiger partial charge in [-0.15, -0.1) is 0 Å². The number of hydrogen-bond donors (Lipinski definition) is 0. The van der Waals surface area contributed by atoms with Crippen LogP contribution in [-0.2, 0) is 0 Å². The lowest BCUT2D eigenvalue weighted by molar-refractivity contribution is 0.0850. The predicted octanol–water partition coefficient (Wildman–Crippen LogP) is 2.97. The van der Waals surface area contributed by atoms with E-state index >= 15 is 0 Å². The second kappa shape index (κ2) is 3.77. The van der Waals surface area contributed by atoms with Gasteiger partial charge < -0.3 is 0 Å². The van der Waals surface area contributed by atoms with Crippen LogP contribution in [0.2, 0.25) is 0 Å². The zero-order valence-electron chi connectivity index (χ0n) is 7.46. The van der Waals surface area contributed by atoms with Crippen molar-refractivity contribution in [1.82, 2.24) is 4.98 Å². The van der Waals surface area contributed by atoms with E-state index in [1.54, 1.807) is 6.07 Å². The Morgan fingerprint density at radius 1 is 1.50 bits per heavy atom. The number of halogens is 2. The van der Waals surface area contributed by atoms with Gasteiger partial charge in [0.25, 0.3) is 0 Å². The van der Waals surface area contributed by atoms with E-state index in [-0.39, 0.29) is 17.3 Å². The van der Waals surface area contributed by atoms with Crippen LogP contribution in [-0.4, -0.2) is 10.8 Å². The van der Waals surface area contributed by atoms with Gasteiger partial charge in [0.15, 0.2) is 5.78 Å². The number of hydrogen-bond acceptors (Lipinski definition) is 2. The predicted molar refractivity (Wildman–Crippen MR) is 53.6 cm³/mol. The van der Waals surface area contributed by atoms with Gasteiger partial charge in [0, 0.05) is 5.92 Å². The van der Waals surface area contributed by atoms with Gasteiger partial charge in [-0.25, -0.2) is 4.98 Å². The van der Waals surface area contributed by atoms with Gasteiger partial charge in [-0.2, -0.15) is 4.39 Å². The number of ketones is 1. The van der Waals surface area contributed by atoms with Crippen molar-refractivity contribution in [3.05, 3.63) is 28.2 Å².